The summed E-state index contributed by atoms with van der Waals surface area (Å²) in [5.41, 5.74) is 5.93. The number of aromatic nitrogens is 1. The number of alkyl carbamates (subject to hydrolysis) is 1. The molecule has 0 saturated carbocycles. The lowest BCUT2D eigenvalue weighted by Gasteiger charge is -2.19. The Labute approximate surface area is 227 Å². The Kier molecular flexibility index (Phi) is 7.11. The van der Waals surface area contributed by atoms with Crippen LogP contribution in [0.1, 0.15) is 48.0 Å². The van der Waals surface area contributed by atoms with E-state index in [0.717, 1.165) is 38.9 Å². The van der Waals surface area contributed by atoms with Crippen LogP contribution in [0.5, 0.6) is 0 Å². The van der Waals surface area contributed by atoms with Crippen LogP contribution in [0.25, 0.3) is 32.8 Å². The standard InChI is InChI=1S/C33H32N2O4/c1-33(2,3)39-32(38)34-17-16-27-28-20-23(26-13-7-10-22-9-4-5-12-25(22)26)14-15-29(28)35-30(27)19-21-8-6-11-24(18-21)31(36)37/h4-15,18,20,35H,16-17,19H2,1-3H3,(H,34,38)(H,36,37). The third-order valence-corrected chi connectivity index (χ3v) is 6.69. The van der Waals surface area contributed by atoms with Gasteiger partial charge < -0.3 is 20.1 Å². The van der Waals surface area contributed by atoms with Crippen molar-refractivity contribution in [2.24, 2.45) is 0 Å². The van der Waals surface area contributed by atoms with Gasteiger partial charge in [0, 0.05) is 29.6 Å². The summed E-state index contributed by atoms with van der Waals surface area (Å²) in [7, 11) is 0. The highest BCUT2D eigenvalue weighted by molar-refractivity contribution is 5.99. The largest absolute Gasteiger partial charge is 0.478 e. The number of nitrogens with one attached hydrogen (secondary N) is 2. The van der Waals surface area contributed by atoms with E-state index in [1.165, 1.54) is 10.8 Å². The molecule has 3 N–H and O–H groups in total. The first-order valence-corrected chi connectivity index (χ1v) is 13.1. The van der Waals surface area contributed by atoms with E-state index in [1.807, 2.05) is 32.9 Å². The molecular formula is C33H32N2O4. The fraction of sp³-hybridized carbons (Fsp3) is 0.212. The molecule has 0 radical (unpaired) electrons. The fourth-order valence-electron chi connectivity index (χ4n) is 5.01. The van der Waals surface area contributed by atoms with Crippen LogP contribution < -0.4 is 5.32 Å². The van der Waals surface area contributed by atoms with Crippen LogP contribution in [0.15, 0.2) is 84.9 Å². The fourth-order valence-corrected chi connectivity index (χ4v) is 5.01. The molecule has 39 heavy (non-hydrogen) atoms. The molecule has 0 aliphatic heterocycles. The van der Waals surface area contributed by atoms with Crippen molar-refractivity contribution in [3.05, 3.63) is 107 Å². The van der Waals surface area contributed by atoms with Gasteiger partial charge in [-0.25, -0.2) is 9.59 Å². The smallest absolute Gasteiger partial charge is 0.407 e. The SMILES string of the molecule is CC(C)(C)OC(=O)NCCc1c(Cc2cccc(C(=O)O)c2)[nH]c2ccc(-c3cccc4ccccc34)cc12. The maximum absolute atomic E-state index is 12.3. The second-order valence-electron chi connectivity index (χ2n) is 10.7. The molecule has 4 aromatic carbocycles. The molecule has 6 nitrogen and oxygen atoms in total. The number of carboxylic acids is 1. The van der Waals surface area contributed by atoms with Gasteiger partial charge in [0.15, 0.2) is 0 Å². The molecule has 0 fully saturated rings. The van der Waals surface area contributed by atoms with E-state index in [-0.39, 0.29) is 5.56 Å². The number of aromatic amines is 1. The minimum Gasteiger partial charge on any atom is -0.478 e. The van der Waals surface area contributed by atoms with Crippen LogP contribution in [-0.4, -0.2) is 34.3 Å². The molecule has 0 unspecified atom stereocenters. The summed E-state index contributed by atoms with van der Waals surface area (Å²) >= 11 is 0. The van der Waals surface area contributed by atoms with Gasteiger partial charge in [-0.15, -0.1) is 0 Å². The molecule has 1 heterocycles. The number of hydrogen-bond donors (Lipinski definition) is 3. The average Bonchev–Trinajstić information content (AvgIpc) is 3.23. The Bertz CT molecular complexity index is 1670. The predicted octanol–water partition coefficient (Wildman–Crippen LogP) is 7.34. The van der Waals surface area contributed by atoms with Crippen molar-refractivity contribution in [1.29, 1.82) is 0 Å². The van der Waals surface area contributed by atoms with E-state index in [1.54, 1.807) is 18.2 Å². The molecule has 1 amide bonds. The van der Waals surface area contributed by atoms with E-state index >= 15 is 0 Å². The molecule has 1 aromatic heterocycles. The number of ether oxygens (including phenoxy) is 1. The van der Waals surface area contributed by atoms with Gasteiger partial charge in [-0.2, -0.15) is 0 Å². The molecule has 5 aromatic rings. The Hall–Kier alpha value is -4.58. The molecule has 0 aliphatic rings. The summed E-state index contributed by atoms with van der Waals surface area (Å²) in [6.07, 6.45) is 0.683. The Morgan fingerprint density at radius 2 is 1.67 bits per heavy atom. The van der Waals surface area contributed by atoms with Gasteiger partial charge in [0.1, 0.15) is 5.60 Å². The van der Waals surface area contributed by atoms with Crippen LogP contribution in [-0.2, 0) is 17.6 Å². The van der Waals surface area contributed by atoms with Gasteiger partial charge in [-0.1, -0.05) is 60.7 Å². The van der Waals surface area contributed by atoms with Crippen molar-refractivity contribution in [3.8, 4) is 11.1 Å². The third kappa shape index (κ3) is 5.96. The minimum absolute atomic E-state index is 0.259. The summed E-state index contributed by atoms with van der Waals surface area (Å²) in [6, 6.07) is 28.1. The molecule has 0 aliphatic carbocycles. The number of fused-ring (bicyclic) bond motifs is 2. The number of aromatic carboxylic acids is 1. The zero-order valence-corrected chi connectivity index (χ0v) is 22.4. The first kappa shape index (κ1) is 26.0. The molecule has 0 atom stereocenters. The van der Waals surface area contributed by atoms with Crippen LogP contribution in [0.3, 0.4) is 0 Å². The molecule has 0 bridgehead atoms. The Morgan fingerprint density at radius 1 is 0.897 bits per heavy atom. The topological polar surface area (TPSA) is 91.4 Å². The lowest BCUT2D eigenvalue weighted by atomic mass is 9.95. The average molecular weight is 521 g/mol. The Balaban J connectivity index is 1.53. The zero-order chi connectivity index (χ0) is 27.6. The van der Waals surface area contributed by atoms with Gasteiger partial charge in [0.2, 0.25) is 0 Å². The first-order valence-electron chi connectivity index (χ1n) is 13.1. The second kappa shape index (κ2) is 10.7. The van der Waals surface area contributed by atoms with Crippen molar-refractivity contribution in [1.82, 2.24) is 10.3 Å². The molecule has 0 saturated heterocycles. The molecule has 0 spiro atoms. The number of benzene rings is 4. The van der Waals surface area contributed by atoms with Gasteiger partial charge >= 0.3 is 12.1 Å². The molecule has 6 heteroatoms. The number of rotatable bonds is 7. The van der Waals surface area contributed by atoms with Gasteiger partial charge in [-0.3, -0.25) is 0 Å². The van der Waals surface area contributed by atoms with Crippen LogP contribution in [0.4, 0.5) is 4.79 Å². The van der Waals surface area contributed by atoms with E-state index < -0.39 is 17.7 Å². The minimum atomic E-state index is -0.949. The van der Waals surface area contributed by atoms with E-state index in [0.29, 0.717) is 19.4 Å². The summed E-state index contributed by atoms with van der Waals surface area (Å²) in [5.74, 6) is -0.949. The molecule has 198 valence electrons. The van der Waals surface area contributed by atoms with Crippen LogP contribution in [0.2, 0.25) is 0 Å². The predicted molar refractivity (Wildman–Crippen MR) is 155 cm³/mol. The van der Waals surface area contributed by atoms with Crippen molar-refractivity contribution >= 4 is 33.7 Å². The van der Waals surface area contributed by atoms with Crippen molar-refractivity contribution in [3.63, 3.8) is 0 Å². The quantitative estimate of drug-likeness (QED) is 0.209. The van der Waals surface area contributed by atoms with Gasteiger partial charge in [0.25, 0.3) is 0 Å². The van der Waals surface area contributed by atoms with E-state index in [9.17, 15) is 14.7 Å². The van der Waals surface area contributed by atoms with Gasteiger partial charge in [-0.05, 0) is 84.5 Å². The third-order valence-electron chi connectivity index (χ3n) is 6.69. The lowest BCUT2D eigenvalue weighted by molar-refractivity contribution is 0.0528. The monoisotopic (exact) mass is 520 g/mol. The van der Waals surface area contributed by atoms with E-state index in [2.05, 4.69) is 64.9 Å². The number of amides is 1. The summed E-state index contributed by atoms with van der Waals surface area (Å²) < 4.78 is 5.41. The summed E-state index contributed by atoms with van der Waals surface area (Å²) in [5, 5.41) is 15.8. The van der Waals surface area contributed by atoms with E-state index in [4.69, 9.17) is 4.74 Å². The number of H-pyrrole nitrogens is 1. The number of carboxylic acid groups (broad SMARTS) is 1. The number of carbonyl (C=O) groups is 2. The molecular weight excluding hydrogens is 488 g/mol. The van der Waals surface area contributed by atoms with Crippen LogP contribution in [0, 0.1) is 0 Å². The maximum Gasteiger partial charge on any atom is 0.407 e. The molecule has 5 rings (SSSR count). The highest BCUT2D eigenvalue weighted by Gasteiger charge is 2.18. The normalized spacial score (nSPS) is 11.6. The van der Waals surface area contributed by atoms with Crippen molar-refractivity contribution in [2.75, 3.05) is 6.54 Å². The lowest BCUT2D eigenvalue weighted by Crippen LogP contribution is -2.33. The highest BCUT2D eigenvalue weighted by Crippen LogP contribution is 2.33. The second-order valence-corrected chi connectivity index (χ2v) is 10.7. The van der Waals surface area contributed by atoms with Gasteiger partial charge in [0.05, 0.1) is 5.56 Å². The zero-order valence-electron chi connectivity index (χ0n) is 22.4. The number of carbonyl (C=O) groups excluding carboxylic acids is 1. The Morgan fingerprint density at radius 3 is 2.46 bits per heavy atom. The number of hydrogen-bond acceptors (Lipinski definition) is 3. The highest BCUT2D eigenvalue weighted by atomic mass is 16.6. The first-order chi connectivity index (χ1) is 18.7. The van der Waals surface area contributed by atoms with Crippen molar-refractivity contribution in [2.45, 2.75) is 39.2 Å². The van der Waals surface area contributed by atoms with Crippen molar-refractivity contribution < 1.29 is 19.4 Å². The summed E-state index contributed by atoms with van der Waals surface area (Å²) in [6.45, 7) is 5.92. The van der Waals surface area contributed by atoms with Crippen LogP contribution >= 0.6 is 0 Å². The maximum atomic E-state index is 12.3. The summed E-state index contributed by atoms with van der Waals surface area (Å²) in [4.78, 5) is 27.4.